The second-order valence-corrected chi connectivity index (χ2v) is 3.91. The van der Waals surface area contributed by atoms with Gasteiger partial charge in [-0.3, -0.25) is 9.59 Å². The number of carbonyl (C=O) groups excluding carboxylic acids is 2. The van der Waals surface area contributed by atoms with Crippen molar-refractivity contribution in [1.29, 1.82) is 0 Å². The second-order valence-electron chi connectivity index (χ2n) is 3.91. The van der Waals surface area contributed by atoms with Crippen LogP contribution in [-0.2, 0) is 9.59 Å². The van der Waals surface area contributed by atoms with Crippen LogP contribution in [0.4, 0.5) is 0 Å². The molecular formula is C10H21N3O2. The van der Waals surface area contributed by atoms with E-state index < -0.39 is 6.04 Å². The second kappa shape index (κ2) is 7.23. The van der Waals surface area contributed by atoms with Crippen molar-refractivity contribution in [3.63, 3.8) is 0 Å². The molecule has 15 heavy (non-hydrogen) atoms. The van der Waals surface area contributed by atoms with Gasteiger partial charge in [-0.05, 0) is 19.3 Å². The summed E-state index contributed by atoms with van der Waals surface area (Å²) >= 11 is 0. The Hall–Kier alpha value is -1.10. The van der Waals surface area contributed by atoms with E-state index in [4.69, 9.17) is 5.73 Å². The van der Waals surface area contributed by atoms with Gasteiger partial charge in [0.15, 0.2) is 0 Å². The largest absolute Gasteiger partial charge is 0.355 e. The highest BCUT2D eigenvalue weighted by Crippen LogP contribution is 2.01. The summed E-state index contributed by atoms with van der Waals surface area (Å²) in [6.07, 6.45) is 0.626. The van der Waals surface area contributed by atoms with E-state index in [1.54, 1.807) is 0 Å². The van der Waals surface area contributed by atoms with Crippen LogP contribution in [0.25, 0.3) is 0 Å². The first kappa shape index (κ1) is 13.9. The summed E-state index contributed by atoms with van der Waals surface area (Å²) in [5, 5.41) is 5.08. The molecule has 0 aromatic carbocycles. The summed E-state index contributed by atoms with van der Waals surface area (Å²) in [5.41, 5.74) is 5.63. The smallest absolute Gasteiger partial charge is 0.239 e. The average molecular weight is 215 g/mol. The van der Waals surface area contributed by atoms with E-state index in [0.717, 1.165) is 0 Å². The highest BCUT2D eigenvalue weighted by molar-refractivity contribution is 5.87. The lowest BCUT2D eigenvalue weighted by atomic mass is 10.0. The van der Waals surface area contributed by atoms with Crippen LogP contribution in [-0.4, -0.2) is 30.9 Å². The van der Waals surface area contributed by atoms with Crippen molar-refractivity contribution in [2.45, 2.75) is 33.2 Å². The molecule has 5 nitrogen and oxygen atoms in total. The van der Waals surface area contributed by atoms with E-state index >= 15 is 0 Å². The minimum Gasteiger partial charge on any atom is -0.355 e. The molecule has 0 bridgehead atoms. The number of carbonyl (C=O) groups is 2. The van der Waals surface area contributed by atoms with Gasteiger partial charge in [-0.2, -0.15) is 0 Å². The molecule has 0 saturated heterocycles. The summed E-state index contributed by atoms with van der Waals surface area (Å²) in [6, 6.07) is -0.528. The first-order chi connectivity index (χ1) is 6.97. The third-order valence-electron chi connectivity index (χ3n) is 1.86. The van der Waals surface area contributed by atoms with Gasteiger partial charge in [0.05, 0.1) is 12.6 Å². The summed E-state index contributed by atoms with van der Waals surface area (Å²) in [4.78, 5) is 22.4. The number of rotatable bonds is 6. The predicted molar refractivity (Wildman–Crippen MR) is 59.1 cm³/mol. The molecule has 0 heterocycles. The van der Waals surface area contributed by atoms with Crippen molar-refractivity contribution >= 4 is 11.8 Å². The van der Waals surface area contributed by atoms with Crippen molar-refractivity contribution in [2.24, 2.45) is 11.7 Å². The Morgan fingerprint density at radius 3 is 2.33 bits per heavy atom. The number of likely N-dealkylation sites (N-methyl/N-ethyl adjacent to an activating group) is 1. The van der Waals surface area contributed by atoms with Gasteiger partial charge in [-0.1, -0.05) is 13.8 Å². The van der Waals surface area contributed by atoms with Crippen LogP contribution in [0.1, 0.15) is 27.2 Å². The number of nitrogens with one attached hydrogen (secondary N) is 2. The van der Waals surface area contributed by atoms with E-state index in [1.165, 1.54) is 0 Å². The molecule has 0 spiro atoms. The highest BCUT2D eigenvalue weighted by atomic mass is 16.2. The Morgan fingerprint density at radius 1 is 1.27 bits per heavy atom. The van der Waals surface area contributed by atoms with Gasteiger partial charge in [0.1, 0.15) is 0 Å². The summed E-state index contributed by atoms with van der Waals surface area (Å²) in [7, 11) is 0. The van der Waals surface area contributed by atoms with Gasteiger partial charge in [0.25, 0.3) is 0 Å². The summed E-state index contributed by atoms with van der Waals surface area (Å²) < 4.78 is 0. The van der Waals surface area contributed by atoms with Gasteiger partial charge < -0.3 is 16.4 Å². The Bertz CT molecular complexity index is 217. The molecule has 0 aromatic heterocycles. The SMILES string of the molecule is CCNC(=O)CNC(=O)[C@H](N)CC(C)C. The number of hydrogen-bond donors (Lipinski definition) is 3. The lowest BCUT2D eigenvalue weighted by molar-refractivity contribution is -0.127. The fourth-order valence-corrected chi connectivity index (χ4v) is 1.17. The molecule has 4 N–H and O–H groups in total. The maximum atomic E-state index is 11.4. The van der Waals surface area contributed by atoms with E-state index in [0.29, 0.717) is 18.9 Å². The van der Waals surface area contributed by atoms with Crippen molar-refractivity contribution in [3.05, 3.63) is 0 Å². The van der Waals surface area contributed by atoms with Crippen molar-refractivity contribution < 1.29 is 9.59 Å². The van der Waals surface area contributed by atoms with Gasteiger partial charge in [0, 0.05) is 6.54 Å². The maximum absolute atomic E-state index is 11.4. The molecule has 5 heteroatoms. The molecular weight excluding hydrogens is 194 g/mol. The van der Waals surface area contributed by atoms with Gasteiger partial charge in [-0.15, -0.1) is 0 Å². The van der Waals surface area contributed by atoms with Crippen LogP contribution in [0.15, 0.2) is 0 Å². The Morgan fingerprint density at radius 2 is 1.87 bits per heavy atom. The normalized spacial score (nSPS) is 12.3. The predicted octanol–water partition coefficient (Wildman–Crippen LogP) is -0.388. The molecule has 0 rings (SSSR count). The minimum atomic E-state index is -0.528. The van der Waals surface area contributed by atoms with E-state index in [9.17, 15) is 9.59 Å². The minimum absolute atomic E-state index is 0.00152. The third-order valence-corrected chi connectivity index (χ3v) is 1.86. The quantitative estimate of drug-likeness (QED) is 0.564. The Balaban J connectivity index is 3.78. The van der Waals surface area contributed by atoms with Gasteiger partial charge >= 0.3 is 0 Å². The lowest BCUT2D eigenvalue weighted by Crippen LogP contribution is -2.45. The van der Waals surface area contributed by atoms with E-state index in [2.05, 4.69) is 10.6 Å². The van der Waals surface area contributed by atoms with Gasteiger partial charge in [0.2, 0.25) is 11.8 Å². The van der Waals surface area contributed by atoms with Crippen LogP contribution >= 0.6 is 0 Å². The molecule has 0 aliphatic carbocycles. The standard InChI is InChI=1S/C10H21N3O2/c1-4-12-9(14)6-13-10(15)8(11)5-7(2)3/h7-8H,4-6,11H2,1-3H3,(H,12,14)(H,13,15)/t8-/m1/s1. The van der Waals surface area contributed by atoms with Gasteiger partial charge in [-0.25, -0.2) is 0 Å². The van der Waals surface area contributed by atoms with Crippen LogP contribution in [0, 0.1) is 5.92 Å². The maximum Gasteiger partial charge on any atom is 0.239 e. The monoisotopic (exact) mass is 215 g/mol. The molecule has 0 unspecified atom stereocenters. The first-order valence-corrected chi connectivity index (χ1v) is 5.27. The fraction of sp³-hybridized carbons (Fsp3) is 0.800. The zero-order valence-corrected chi connectivity index (χ0v) is 9.67. The Labute approximate surface area is 90.8 Å². The number of amides is 2. The molecule has 88 valence electrons. The van der Waals surface area contributed by atoms with Crippen LogP contribution < -0.4 is 16.4 Å². The molecule has 0 aromatic rings. The third kappa shape index (κ3) is 6.90. The van der Waals surface area contributed by atoms with E-state index in [-0.39, 0.29) is 18.4 Å². The Kier molecular flexibility index (Phi) is 6.70. The molecule has 2 amide bonds. The molecule has 1 atom stereocenters. The molecule has 0 fully saturated rings. The number of hydrogen-bond acceptors (Lipinski definition) is 3. The molecule has 0 aliphatic heterocycles. The van der Waals surface area contributed by atoms with Crippen LogP contribution in [0.2, 0.25) is 0 Å². The van der Waals surface area contributed by atoms with Crippen molar-refractivity contribution in [1.82, 2.24) is 10.6 Å². The lowest BCUT2D eigenvalue weighted by Gasteiger charge is -2.13. The number of nitrogens with two attached hydrogens (primary N) is 1. The molecule has 0 aliphatic rings. The highest BCUT2D eigenvalue weighted by Gasteiger charge is 2.15. The topological polar surface area (TPSA) is 84.2 Å². The zero-order chi connectivity index (χ0) is 11.8. The summed E-state index contributed by atoms with van der Waals surface area (Å²) in [6.45, 7) is 6.38. The fourth-order valence-electron chi connectivity index (χ4n) is 1.17. The van der Waals surface area contributed by atoms with Crippen LogP contribution in [0.5, 0.6) is 0 Å². The molecule has 0 radical (unpaired) electrons. The van der Waals surface area contributed by atoms with Crippen molar-refractivity contribution in [2.75, 3.05) is 13.1 Å². The average Bonchev–Trinajstić information content (AvgIpc) is 2.13. The van der Waals surface area contributed by atoms with Crippen molar-refractivity contribution in [3.8, 4) is 0 Å². The summed E-state index contributed by atoms with van der Waals surface area (Å²) in [5.74, 6) is -0.0900. The van der Waals surface area contributed by atoms with Crippen LogP contribution in [0.3, 0.4) is 0 Å². The zero-order valence-electron chi connectivity index (χ0n) is 9.67. The molecule has 0 saturated carbocycles. The van der Waals surface area contributed by atoms with E-state index in [1.807, 2.05) is 20.8 Å². The first-order valence-electron chi connectivity index (χ1n) is 5.27.